The van der Waals surface area contributed by atoms with Crippen molar-refractivity contribution in [3.63, 3.8) is 0 Å². The fourth-order valence-electron chi connectivity index (χ4n) is 5.71. The summed E-state index contributed by atoms with van der Waals surface area (Å²) in [6.07, 6.45) is 3.38. The van der Waals surface area contributed by atoms with Crippen molar-refractivity contribution in [2.45, 2.75) is 70.0 Å². The molecule has 4 aromatic rings. The van der Waals surface area contributed by atoms with Gasteiger partial charge in [-0.1, -0.05) is 43.2 Å². The summed E-state index contributed by atoms with van der Waals surface area (Å²) in [5, 5.41) is 13.9. The number of pyridine rings is 1. The molecule has 0 atom stereocenters. The molecule has 1 aliphatic heterocycles. The van der Waals surface area contributed by atoms with Gasteiger partial charge in [-0.2, -0.15) is 21.6 Å². The molecule has 12 nitrogen and oxygen atoms in total. The van der Waals surface area contributed by atoms with Crippen molar-refractivity contribution in [2.24, 2.45) is 10.8 Å². The van der Waals surface area contributed by atoms with E-state index in [1.807, 2.05) is 29.2 Å². The maximum atomic E-state index is 13.7. The van der Waals surface area contributed by atoms with Gasteiger partial charge in [0, 0.05) is 30.9 Å². The molecule has 0 unspecified atom stereocenters. The van der Waals surface area contributed by atoms with Gasteiger partial charge < -0.3 is 14.7 Å². The number of nitrogens with zero attached hydrogens (tertiary/aromatic N) is 6. The number of aromatic nitrogens is 5. The van der Waals surface area contributed by atoms with Crippen LogP contribution in [0.15, 0.2) is 66.0 Å². The van der Waals surface area contributed by atoms with Crippen LogP contribution < -0.4 is 14.4 Å². The SMILES string of the molecule is CC(C)(COc1ccn(-c2ncc3nc2-c2ccccc2CCCCCCN(CC2(C(=O)O)CC2)c2cccc(n2)S(=O)(=O)N3)n1)C(F)(F)F. The lowest BCUT2D eigenvalue weighted by molar-refractivity contribution is -0.219. The van der Waals surface area contributed by atoms with Crippen molar-refractivity contribution in [1.82, 2.24) is 24.7 Å². The van der Waals surface area contributed by atoms with Gasteiger partial charge in [-0.3, -0.25) is 9.52 Å². The number of rotatable bonds is 7. The Balaban J connectivity index is 1.37. The molecule has 3 aromatic heterocycles. The van der Waals surface area contributed by atoms with Crippen molar-refractivity contribution in [2.75, 3.05) is 29.3 Å². The Kier molecular flexibility index (Phi) is 9.50. The maximum Gasteiger partial charge on any atom is 0.397 e. The lowest BCUT2D eigenvalue weighted by Crippen LogP contribution is -2.37. The number of aryl methyl sites for hydroxylation is 1. The first-order valence-electron chi connectivity index (χ1n) is 16.4. The molecule has 4 heterocycles. The van der Waals surface area contributed by atoms with Crippen molar-refractivity contribution in [3.8, 4) is 23.0 Å². The number of carboxylic acids is 1. The standard InChI is InChI=1S/C34H38F3N7O5S/c1-32(2,34(35,36)37)22-49-27-15-19-44(41-27)30-29-24-12-7-6-11-23(24)10-5-3-4-8-18-43(21-33(16-17-33)31(45)46)26-13-9-14-28(40-26)50(47,48)42-25(39-29)20-38-30/h6-7,9,11-15,19-20H,3-5,8,10,16-18,21-22H2,1-2H3,(H,39,42)(H,45,46). The average molecular weight is 714 g/mol. The van der Waals surface area contributed by atoms with Gasteiger partial charge in [0.25, 0.3) is 10.0 Å². The molecule has 1 saturated carbocycles. The summed E-state index contributed by atoms with van der Waals surface area (Å²) in [5.74, 6) is -0.423. The molecule has 2 N–H and O–H groups in total. The minimum atomic E-state index is -4.48. The largest absolute Gasteiger partial charge is 0.481 e. The van der Waals surface area contributed by atoms with E-state index in [1.165, 1.54) is 29.2 Å². The highest BCUT2D eigenvalue weighted by atomic mass is 32.2. The normalized spacial score (nSPS) is 17.6. The van der Waals surface area contributed by atoms with E-state index in [2.05, 4.69) is 24.8 Å². The van der Waals surface area contributed by atoms with Crippen molar-refractivity contribution in [1.29, 1.82) is 0 Å². The molecule has 2 aliphatic rings. The zero-order valence-corrected chi connectivity index (χ0v) is 28.5. The number of carboxylic acid groups (broad SMARTS) is 1. The van der Waals surface area contributed by atoms with Crippen LogP contribution in [-0.4, -0.2) is 70.1 Å². The van der Waals surface area contributed by atoms with Gasteiger partial charge in [0.2, 0.25) is 5.88 Å². The number of ether oxygens (including phenoxy) is 1. The Morgan fingerprint density at radius 1 is 1.02 bits per heavy atom. The molecule has 6 rings (SSSR count). The van der Waals surface area contributed by atoms with E-state index in [4.69, 9.17) is 4.74 Å². The maximum absolute atomic E-state index is 13.7. The number of sulfonamides is 1. The Bertz CT molecular complexity index is 1980. The number of benzene rings is 1. The molecule has 16 heteroatoms. The van der Waals surface area contributed by atoms with Gasteiger partial charge in [-0.15, -0.1) is 5.10 Å². The zero-order valence-electron chi connectivity index (χ0n) is 27.7. The van der Waals surface area contributed by atoms with Crippen molar-refractivity contribution in [3.05, 3.63) is 66.5 Å². The third kappa shape index (κ3) is 7.54. The number of aliphatic carboxylic acids is 1. The molecule has 0 saturated heterocycles. The lowest BCUT2D eigenvalue weighted by Gasteiger charge is -2.27. The van der Waals surface area contributed by atoms with Gasteiger partial charge >= 0.3 is 12.1 Å². The molecular weight excluding hydrogens is 675 g/mol. The van der Waals surface area contributed by atoms with Crippen LogP contribution in [0.3, 0.4) is 0 Å². The second-order valence-electron chi connectivity index (χ2n) is 13.5. The predicted octanol–water partition coefficient (Wildman–Crippen LogP) is 6.28. The fourth-order valence-corrected chi connectivity index (χ4v) is 6.66. The molecule has 266 valence electrons. The zero-order chi connectivity index (χ0) is 35.7. The van der Waals surface area contributed by atoms with Gasteiger partial charge in [0.1, 0.15) is 18.1 Å². The van der Waals surface area contributed by atoms with Crippen LogP contribution in [0.1, 0.15) is 57.9 Å². The number of anilines is 2. The summed E-state index contributed by atoms with van der Waals surface area (Å²) in [4.78, 5) is 27.6. The number of hydrogen-bond donors (Lipinski definition) is 2. The number of alkyl halides is 3. The number of nitrogens with one attached hydrogen (secondary N) is 1. The quantitative estimate of drug-likeness (QED) is 0.224. The second kappa shape index (κ2) is 13.5. The van der Waals surface area contributed by atoms with Gasteiger partial charge in [-0.25, -0.2) is 19.6 Å². The van der Waals surface area contributed by atoms with Crippen LogP contribution in [0.2, 0.25) is 0 Å². The molecule has 1 aromatic carbocycles. The van der Waals surface area contributed by atoms with Crippen LogP contribution in [0.4, 0.5) is 24.8 Å². The van der Waals surface area contributed by atoms with E-state index < -0.39 is 39.6 Å². The average Bonchev–Trinajstić information content (AvgIpc) is 3.71. The topological polar surface area (TPSA) is 152 Å². The van der Waals surface area contributed by atoms with E-state index in [1.54, 1.807) is 12.1 Å². The summed E-state index contributed by atoms with van der Waals surface area (Å²) in [5.41, 5.74) is -1.05. The Morgan fingerprint density at radius 3 is 2.52 bits per heavy atom. The summed E-state index contributed by atoms with van der Waals surface area (Å²) >= 11 is 0. The smallest absolute Gasteiger partial charge is 0.397 e. The van der Waals surface area contributed by atoms with Crippen LogP contribution in [0.25, 0.3) is 17.1 Å². The number of carbonyl (C=O) groups is 1. The molecule has 1 aliphatic carbocycles. The minimum absolute atomic E-state index is 0.0466. The van der Waals surface area contributed by atoms with Gasteiger partial charge in [-0.05, 0) is 63.6 Å². The first-order valence-corrected chi connectivity index (χ1v) is 17.8. The Morgan fingerprint density at radius 2 is 1.78 bits per heavy atom. The molecule has 1 fully saturated rings. The molecule has 50 heavy (non-hydrogen) atoms. The highest BCUT2D eigenvalue weighted by Gasteiger charge is 2.51. The number of fused-ring (bicyclic) bond motifs is 6. The molecule has 0 radical (unpaired) electrons. The molecule has 4 bridgehead atoms. The monoisotopic (exact) mass is 713 g/mol. The highest BCUT2D eigenvalue weighted by molar-refractivity contribution is 7.92. The molecular formula is C34H38F3N7O5S. The van der Waals surface area contributed by atoms with Crippen molar-refractivity contribution >= 4 is 27.6 Å². The third-order valence-corrected chi connectivity index (χ3v) is 10.4. The summed E-state index contributed by atoms with van der Waals surface area (Å²) in [7, 11) is -4.28. The fraction of sp³-hybridized carbons (Fsp3) is 0.441. The Hall–Kier alpha value is -4.73. The van der Waals surface area contributed by atoms with Crippen LogP contribution in [-0.2, 0) is 21.2 Å². The van der Waals surface area contributed by atoms with Gasteiger partial charge in [0.15, 0.2) is 16.7 Å². The summed E-state index contributed by atoms with van der Waals surface area (Å²) in [6.45, 7) is 2.19. The first kappa shape index (κ1) is 35.1. The van der Waals surface area contributed by atoms with E-state index in [0.29, 0.717) is 42.9 Å². The minimum Gasteiger partial charge on any atom is -0.481 e. The van der Waals surface area contributed by atoms with E-state index in [-0.39, 0.29) is 29.1 Å². The first-order chi connectivity index (χ1) is 23.7. The Labute approximate surface area is 287 Å². The van der Waals surface area contributed by atoms with E-state index in [9.17, 15) is 31.5 Å². The lowest BCUT2D eigenvalue weighted by atomic mass is 9.94. The third-order valence-electron chi connectivity index (χ3n) is 9.13. The molecule has 0 spiro atoms. The number of halogens is 3. The van der Waals surface area contributed by atoms with E-state index in [0.717, 1.165) is 45.1 Å². The van der Waals surface area contributed by atoms with Crippen LogP contribution >= 0.6 is 0 Å². The van der Waals surface area contributed by atoms with Gasteiger partial charge in [0.05, 0.1) is 17.0 Å². The predicted molar refractivity (Wildman–Crippen MR) is 179 cm³/mol. The van der Waals surface area contributed by atoms with Crippen molar-refractivity contribution < 1.29 is 36.2 Å². The highest BCUT2D eigenvalue weighted by Crippen LogP contribution is 2.47. The van der Waals surface area contributed by atoms with E-state index >= 15 is 0 Å². The summed E-state index contributed by atoms with van der Waals surface area (Å²) in [6, 6.07) is 13.6. The van der Waals surface area contributed by atoms with Crippen LogP contribution in [0.5, 0.6) is 5.88 Å². The molecule has 0 amide bonds. The summed E-state index contributed by atoms with van der Waals surface area (Å²) < 4.78 is 76.8. The second-order valence-corrected chi connectivity index (χ2v) is 15.1. The van der Waals surface area contributed by atoms with Crippen LogP contribution in [0, 0.1) is 10.8 Å². The number of hydrogen-bond acceptors (Lipinski definition) is 9.